The quantitative estimate of drug-likeness (QED) is 0.835. The number of nitriles is 1. The Kier molecular flexibility index (Phi) is 3.61. The smallest absolute Gasteiger partial charge is 0.169 e. The lowest BCUT2D eigenvalue weighted by Crippen LogP contribution is -2.29. The van der Waals surface area contributed by atoms with Crippen LogP contribution in [0.15, 0.2) is 53.6 Å². The number of carbonyl (C=O) groups is 1. The van der Waals surface area contributed by atoms with Crippen LogP contribution >= 0.6 is 0 Å². The molecule has 0 bridgehead atoms. The van der Waals surface area contributed by atoms with Crippen molar-refractivity contribution in [1.82, 2.24) is 9.88 Å². The van der Waals surface area contributed by atoms with E-state index in [0.717, 1.165) is 22.3 Å². The molecule has 1 atom stereocenters. The number of rotatable bonds is 2. The zero-order valence-electron chi connectivity index (χ0n) is 12.4. The molecule has 0 N–H and O–H groups in total. The molecule has 5 heteroatoms. The van der Waals surface area contributed by atoms with Gasteiger partial charge in [0.15, 0.2) is 5.78 Å². The maximum absolute atomic E-state index is 12.1. The van der Waals surface area contributed by atoms with Gasteiger partial charge in [0.1, 0.15) is 17.9 Å². The second kappa shape index (κ2) is 5.58. The van der Waals surface area contributed by atoms with Gasteiger partial charge in [0.25, 0.3) is 0 Å². The summed E-state index contributed by atoms with van der Waals surface area (Å²) in [7, 11) is 3.33. The Labute approximate surface area is 128 Å². The first kappa shape index (κ1) is 14.2. The number of allylic oxidation sites excluding steroid dienone is 4. The van der Waals surface area contributed by atoms with E-state index in [-0.39, 0.29) is 5.78 Å². The van der Waals surface area contributed by atoms with E-state index in [1.54, 1.807) is 23.4 Å². The molecule has 1 aliphatic carbocycles. The highest BCUT2D eigenvalue weighted by molar-refractivity contribution is 5.97. The van der Waals surface area contributed by atoms with Crippen molar-refractivity contribution in [3.63, 3.8) is 0 Å². The van der Waals surface area contributed by atoms with Crippen LogP contribution in [0.1, 0.15) is 12.0 Å². The summed E-state index contributed by atoms with van der Waals surface area (Å²) >= 11 is 0. The van der Waals surface area contributed by atoms with Crippen molar-refractivity contribution in [3.8, 4) is 6.07 Å². The highest BCUT2D eigenvalue weighted by atomic mass is 16.5. The Hall–Kier alpha value is -2.71. The van der Waals surface area contributed by atoms with Gasteiger partial charge in [-0.15, -0.1) is 0 Å². The van der Waals surface area contributed by atoms with Crippen molar-refractivity contribution in [1.29, 1.82) is 5.26 Å². The monoisotopic (exact) mass is 293 g/mol. The summed E-state index contributed by atoms with van der Waals surface area (Å²) in [5, 5.41) is 9.54. The Balaban J connectivity index is 2.22. The molecule has 0 saturated carbocycles. The fourth-order valence-electron chi connectivity index (χ4n) is 2.84. The number of hydrogen-bond acceptors (Lipinski definition) is 5. The van der Waals surface area contributed by atoms with E-state index in [0.29, 0.717) is 12.1 Å². The molecule has 0 amide bonds. The van der Waals surface area contributed by atoms with Gasteiger partial charge in [-0.1, -0.05) is 0 Å². The molecule has 0 saturated heterocycles. The van der Waals surface area contributed by atoms with Crippen molar-refractivity contribution in [3.05, 3.63) is 59.2 Å². The van der Waals surface area contributed by atoms with Crippen LogP contribution < -0.4 is 0 Å². The molecule has 2 heterocycles. The zero-order valence-corrected chi connectivity index (χ0v) is 12.4. The fourth-order valence-corrected chi connectivity index (χ4v) is 2.84. The van der Waals surface area contributed by atoms with Crippen molar-refractivity contribution >= 4 is 11.4 Å². The molecule has 2 aliphatic rings. The first-order chi connectivity index (χ1) is 10.7. The lowest BCUT2D eigenvalue weighted by molar-refractivity contribution is -0.125. The first-order valence-corrected chi connectivity index (χ1v) is 6.92. The lowest BCUT2D eigenvalue weighted by atomic mass is 9.81. The molecule has 1 unspecified atom stereocenters. The number of methoxy groups -OCH3 is 1. The van der Waals surface area contributed by atoms with Gasteiger partial charge >= 0.3 is 0 Å². The van der Waals surface area contributed by atoms with Gasteiger partial charge in [0.2, 0.25) is 0 Å². The van der Waals surface area contributed by atoms with Gasteiger partial charge in [-0.25, -0.2) is 0 Å². The van der Waals surface area contributed by atoms with Crippen LogP contribution in [0.4, 0.5) is 0 Å². The number of fused-ring (bicyclic) bond motifs is 1. The maximum Gasteiger partial charge on any atom is 0.169 e. The van der Waals surface area contributed by atoms with E-state index in [1.807, 2.05) is 25.4 Å². The number of ether oxygens (including phenoxy) is 1. The van der Waals surface area contributed by atoms with Crippen molar-refractivity contribution < 1.29 is 9.53 Å². The standard InChI is InChI=1S/C17H15N3O2/c1-20-10-12-7-15(21)16(22-2)8-13(12)17(14(20)9-18)11-3-5-19-6-4-11/h3-6,8,10,16H,7H2,1-2H3. The third-order valence-electron chi connectivity index (χ3n) is 3.88. The van der Waals surface area contributed by atoms with Crippen LogP contribution in [-0.2, 0) is 9.53 Å². The SMILES string of the molecule is COC1C=C2C(=CN(C)C(C#N)=C2c2ccncc2)CC1=O. The first-order valence-electron chi connectivity index (χ1n) is 6.92. The van der Waals surface area contributed by atoms with Crippen molar-refractivity contribution in [2.24, 2.45) is 0 Å². The predicted octanol–water partition coefficient (Wildman–Crippen LogP) is 2.06. The Bertz CT molecular complexity index is 754. The summed E-state index contributed by atoms with van der Waals surface area (Å²) < 4.78 is 5.25. The van der Waals surface area contributed by atoms with Crippen LogP contribution in [0.5, 0.6) is 0 Å². The van der Waals surface area contributed by atoms with E-state index in [2.05, 4.69) is 11.1 Å². The third-order valence-corrected chi connectivity index (χ3v) is 3.88. The number of aromatic nitrogens is 1. The molecular weight excluding hydrogens is 278 g/mol. The second-order valence-electron chi connectivity index (χ2n) is 5.22. The van der Waals surface area contributed by atoms with E-state index >= 15 is 0 Å². The van der Waals surface area contributed by atoms with E-state index in [4.69, 9.17) is 4.74 Å². The minimum Gasteiger partial charge on any atom is -0.370 e. The van der Waals surface area contributed by atoms with E-state index in [1.165, 1.54) is 7.11 Å². The Morgan fingerprint density at radius 1 is 1.41 bits per heavy atom. The molecule has 0 aromatic carbocycles. The summed E-state index contributed by atoms with van der Waals surface area (Å²) in [6, 6.07) is 5.98. The van der Waals surface area contributed by atoms with Crippen LogP contribution in [0.25, 0.3) is 5.57 Å². The van der Waals surface area contributed by atoms with Gasteiger partial charge in [0.05, 0.1) is 0 Å². The number of ketones is 1. The molecule has 0 radical (unpaired) electrons. The molecule has 1 aromatic heterocycles. The third kappa shape index (κ3) is 2.24. The maximum atomic E-state index is 12.1. The van der Waals surface area contributed by atoms with Gasteiger partial charge < -0.3 is 9.64 Å². The molecule has 1 aliphatic heterocycles. The zero-order chi connectivity index (χ0) is 15.7. The molecular formula is C17H15N3O2. The fraction of sp³-hybridized carbons (Fsp3) is 0.235. The molecule has 3 rings (SSSR count). The summed E-state index contributed by atoms with van der Waals surface area (Å²) in [6.07, 6.45) is 6.78. The van der Waals surface area contributed by atoms with Gasteiger partial charge in [-0.2, -0.15) is 5.26 Å². The van der Waals surface area contributed by atoms with Crippen LogP contribution in [0.2, 0.25) is 0 Å². The normalized spacial score (nSPS) is 21.0. The number of nitrogens with zero attached hydrogens (tertiary/aromatic N) is 3. The largest absolute Gasteiger partial charge is 0.370 e. The van der Waals surface area contributed by atoms with Crippen molar-refractivity contribution in [2.45, 2.75) is 12.5 Å². The van der Waals surface area contributed by atoms with Crippen LogP contribution in [0, 0.1) is 11.3 Å². The lowest BCUT2D eigenvalue weighted by Gasteiger charge is -2.31. The van der Waals surface area contributed by atoms with E-state index in [9.17, 15) is 10.1 Å². The topological polar surface area (TPSA) is 66.2 Å². The van der Waals surface area contributed by atoms with Gasteiger partial charge in [-0.3, -0.25) is 9.78 Å². The summed E-state index contributed by atoms with van der Waals surface area (Å²) in [5.74, 6) is 0.0281. The minimum atomic E-state index is -0.563. The molecule has 110 valence electrons. The summed E-state index contributed by atoms with van der Waals surface area (Å²) in [5.41, 5.74) is 4.07. The van der Waals surface area contributed by atoms with Crippen LogP contribution in [-0.4, -0.2) is 35.9 Å². The molecule has 0 spiro atoms. The Morgan fingerprint density at radius 2 is 2.14 bits per heavy atom. The summed E-state index contributed by atoms with van der Waals surface area (Å²) in [4.78, 5) is 17.9. The highest BCUT2D eigenvalue weighted by Crippen LogP contribution is 2.40. The minimum absolute atomic E-state index is 0.0281. The van der Waals surface area contributed by atoms with Gasteiger partial charge in [-0.05, 0) is 34.9 Å². The van der Waals surface area contributed by atoms with E-state index < -0.39 is 6.10 Å². The highest BCUT2D eigenvalue weighted by Gasteiger charge is 2.32. The van der Waals surface area contributed by atoms with Crippen molar-refractivity contribution in [2.75, 3.05) is 14.2 Å². The average molecular weight is 293 g/mol. The number of carbonyl (C=O) groups excluding carboxylic acids is 1. The van der Waals surface area contributed by atoms with Gasteiger partial charge in [0, 0.05) is 44.7 Å². The summed E-state index contributed by atoms with van der Waals surface area (Å²) in [6.45, 7) is 0. The van der Waals surface area contributed by atoms with Crippen LogP contribution in [0.3, 0.4) is 0 Å². The predicted molar refractivity (Wildman–Crippen MR) is 81.1 cm³/mol. The number of Topliss-reactive ketones (excluding diaryl/α,β-unsaturated/α-hetero) is 1. The number of pyridine rings is 1. The average Bonchev–Trinajstić information content (AvgIpc) is 2.54. The molecule has 5 nitrogen and oxygen atoms in total. The molecule has 22 heavy (non-hydrogen) atoms. The molecule has 1 aromatic rings. The molecule has 0 fully saturated rings. The second-order valence-corrected chi connectivity index (χ2v) is 5.22. The number of hydrogen-bond donors (Lipinski definition) is 0. The Morgan fingerprint density at radius 3 is 2.77 bits per heavy atom.